The zero-order valence-corrected chi connectivity index (χ0v) is 11.1. The van der Waals surface area contributed by atoms with Crippen LogP contribution in [0.15, 0.2) is 24.3 Å². The number of imidazole rings is 1. The fraction of sp³-hybridized carbons (Fsp3) is 0.429. The van der Waals surface area contributed by atoms with Crippen LogP contribution in [0.3, 0.4) is 0 Å². The van der Waals surface area contributed by atoms with Crippen LogP contribution < -0.4 is 11.1 Å². The van der Waals surface area contributed by atoms with E-state index in [4.69, 9.17) is 5.73 Å². The summed E-state index contributed by atoms with van der Waals surface area (Å²) >= 11 is 0. The molecule has 2 rings (SSSR count). The Hall–Kier alpha value is -1.88. The van der Waals surface area contributed by atoms with Crippen LogP contribution in [-0.4, -0.2) is 22.4 Å². The van der Waals surface area contributed by atoms with Crippen LogP contribution in [-0.2, 0) is 4.79 Å². The largest absolute Gasteiger partial charge is 0.330 e. The molecule has 1 unspecified atom stereocenters. The molecule has 0 fully saturated rings. The molecule has 4 N–H and O–H groups in total. The quantitative estimate of drug-likeness (QED) is 0.745. The summed E-state index contributed by atoms with van der Waals surface area (Å²) in [5, 5.41) is 2.79. The maximum absolute atomic E-state index is 11.8. The molecule has 102 valence electrons. The first-order chi connectivity index (χ1) is 9.19. The van der Waals surface area contributed by atoms with Crippen LogP contribution in [0.4, 0.5) is 5.95 Å². The Bertz CT molecular complexity index is 516. The molecule has 0 saturated heterocycles. The Morgan fingerprint density at radius 2 is 2.21 bits per heavy atom. The normalized spacial score (nSPS) is 12.5. The molecule has 0 saturated carbocycles. The minimum Gasteiger partial charge on any atom is -0.330 e. The van der Waals surface area contributed by atoms with Gasteiger partial charge in [0.05, 0.1) is 11.0 Å². The van der Waals surface area contributed by atoms with Gasteiger partial charge in [-0.05, 0) is 37.4 Å². The minimum atomic E-state index is -0.0112. The predicted molar refractivity (Wildman–Crippen MR) is 76.8 cm³/mol. The molecule has 1 aromatic heterocycles. The van der Waals surface area contributed by atoms with Crippen molar-refractivity contribution in [3.63, 3.8) is 0 Å². The smallest absolute Gasteiger partial charge is 0.226 e. The Kier molecular flexibility index (Phi) is 4.52. The summed E-state index contributed by atoms with van der Waals surface area (Å²) in [7, 11) is 0. The molecule has 2 aromatic rings. The highest BCUT2D eigenvalue weighted by atomic mass is 16.1. The number of carbonyl (C=O) groups is 1. The van der Waals surface area contributed by atoms with Gasteiger partial charge in [0.15, 0.2) is 0 Å². The van der Waals surface area contributed by atoms with E-state index in [1.165, 1.54) is 0 Å². The Morgan fingerprint density at radius 1 is 1.42 bits per heavy atom. The van der Waals surface area contributed by atoms with Gasteiger partial charge in [0.25, 0.3) is 0 Å². The predicted octanol–water partition coefficient (Wildman–Crippen LogP) is 2.27. The van der Waals surface area contributed by atoms with E-state index in [-0.39, 0.29) is 5.91 Å². The van der Waals surface area contributed by atoms with Crippen molar-refractivity contribution in [3.8, 4) is 0 Å². The van der Waals surface area contributed by atoms with Crippen molar-refractivity contribution in [2.45, 2.75) is 26.2 Å². The second-order valence-corrected chi connectivity index (χ2v) is 4.87. The summed E-state index contributed by atoms with van der Waals surface area (Å²) in [5.74, 6) is 0.979. The summed E-state index contributed by atoms with van der Waals surface area (Å²) in [5.41, 5.74) is 7.27. The van der Waals surface area contributed by atoms with Crippen LogP contribution in [0.1, 0.15) is 26.2 Å². The number of rotatable bonds is 6. The Labute approximate surface area is 112 Å². The summed E-state index contributed by atoms with van der Waals surface area (Å²) < 4.78 is 0. The maximum Gasteiger partial charge on any atom is 0.226 e. The lowest BCUT2D eigenvalue weighted by atomic mass is 10.0. The fourth-order valence-corrected chi connectivity index (χ4v) is 2.01. The second-order valence-electron chi connectivity index (χ2n) is 4.87. The number of nitrogens with zero attached hydrogens (tertiary/aromatic N) is 1. The number of aromatic amines is 1. The standard InChI is InChI=1S/C14H20N4O/c1-10(8-9-15)6-7-13(19)18-14-16-11-4-2-3-5-12(11)17-14/h2-5,10H,6-9,15H2,1H3,(H2,16,17,18,19). The number of para-hydroxylation sites is 2. The van der Waals surface area contributed by atoms with Crippen molar-refractivity contribution in [1.82, 2.24) is 9.97 Å². The molecule has 5 nitrogen and oxygen atoms in total. The van der Waals surface area contributed by atoms with Crippen molar-refractivity contribution in [1.29, 1.82) is 0 Å². The number of amides is 1. The SMILES string of the molecule is CC(CCN)CCC(=O)Nc1nc2ccccc2[nH]1. The summed E-state index contributed by atoms with van der Waals surface area (Å²) in [4.78, 5) is 19.2. The zero-order chi connectivity index (χ0) is 13.7. The van der Waals surface area contributed by atoms with Gasteiger partial charge in [-0.2, -0.15) is 0 Å². The number of hydrogen-bond acceptors (Lipinski definition) is 3. The molecule has 0 spiro atoms. The van der Waals surface area contributed by atoms with E-state index >= 15 is 0 Å². The molecule has 5 heteroatoms. The number of nitrogens with one attached hydrogen (secondary N) is 2. The summed E-state index contributed by atoms with van der Waals surface area (Å²) in [6.45, 7) is 2.79. The average molecular weight is 260 g/mol. The van der Waals surface area contributed by atoms with Crippen molar-refractivity contribution < 1.29 is 4.79 Å². The number of H-pyrrole nitrogens is 1. The first-order valence-electron chi connectivity index (χ1n) is 6.63. The topological polar surface area (TPSA) is 83.8 Å². The van der Waals surface area contributed by atoms with Crippen LogP contribution >= 0.6 is 0 Å². The van der Waals surface area contributed by atoms with Crippen LogP contribution in [0.25, 0.3) is 11.0 Å². The van der Waals surface area contributed by atoms with Gasteiger partial charge in [0.2, 0.25) is 11.9 Å². The number of hydrogen-bond donors (Lipinski definition) is 3. The van der Waals surface area contributed by atoms with Gasteiger partial charge < -0.3 is 10.7 Å². The van der Waals surface area contributed by atoms with E-state index in [0.29, 0.717) is 24.8 Å². The lowest BCUT2D eigenvalue weighted by molar-refractivity contribution is -0.116. The monoisotopic (exact) mass is 260 g/mol. The van der Waals surface area contributed by atoms with Crippen molar-refractivity contribution in [2.75, 3.05) is 11.9 Å². The molecule has 0 aliphatic carbocycles. The van der Waals surface area contributed by atoms with E-state index < -0.39 is 0 Å². The maximum atomic E-state index is 11.8. The van der Waals surface area contributed by atoms with E-state index in [0.717, 1.165) is 23.9 Å². The van der Waals surface area contributed by atoms with Gasteiger partial charge in [-0.1, -0.05) is 19.1 Å². The molecule has 0 aliphatic heterocycles. The molecular weight excluding hydrogens is 240 g/mol. The third-order valence-electron chi connectivity index (χ3n) is 3.17. The van der Waals surface area contributed by atoms with Crippen molar-refractivity contribution in [2.24, 2.45) is 11.7 Å². The van der Waals surface area contributed by atoms with Crippen LogP contribution in [0.5, 0.6) is 0 Å². The lowest BCUT2D eigenvalue weighted by Crippen LogP contribution is -2.14. The average Bonchev–Trinajstić information content (AvgIpc) is 2.78. The Morgan fingerprint density at radius 3 is 2.95 bits per heavy atom. The highest BCUT2D eigenvalue weighted by molar-refractivity contribution is 5.90. The van der Waals surface area contributed by atoms with E-state index in [2.05, 4.69) is 22.2 Å². The molecule has 0 aliphatic rings. The Balaban J connectivity index is 1.88. The van der Waals surface area contributed by atoms with Gasteiger partial charge in [0.1, 0.15) is 0 Å². The van der Waals surface area contributed by atoms with E-state index in [1.54, 1.807) is 0 Å². The third kappa shape index (κ3) is 3.79. The molecule has 1 amide bonds. The van der Waals surface area contributed by atoms with Crippen molar-refractivity contribution in [3.05, 3.63) is 24.3 Å². The lowest BCUT2D eigenvalue weighted by Gasteiger charge is -2.08. The van der Waals surface area contributed by atoms with Gasteiger partial charge >= 0.3 is 0 Å². The number of nitrogens with two attached hydrogens (primary N) is 1. The number of fused-ring (bicyclic) bond motifs is 1. The number of aromatic nitrogens is 2. The highest BCUT2D eigenvalue weighted by Gasteiger charge is 2.09. The summed E-state index contributed by atoms with van der Waals surface area (Å²) in [6.07, 6.45) is 2.30. The number of anilines is 1. The van der Waals surface area contributed by atoms with Gasteiger partial charge in [-0.25, -0.2) is 4.98 Å². The van der Waals surface area contributed by atoms with Gasteiger partial charge in [0, 0.05) is 6.42 Å². The minimum absolute atomic E-state index is 0.0112. The van der Waals surface area contributed by atoms with Crippen molar-refractivity contribution >= 4 is 22.9 Å². The van der Waals surface area contributed by atoms with Gasteiger partial charge in [-0.15, -0.1) is 0 Å². The molecule has 0 radical (unpaired) electrons. The zero-order valence-electron chi connectivity index (χ0n) is 11.1. The van der Waals surface area contributed by atoms with Crippen LogP contribution in [0, 0.1) is 5.92 Å². The summed E-state index contributed by atoms with van der Waals surface area (Å²) in [6, 6.07) is 7.69. The molecule has 1 heterocycles. The van der Waals surface area contributed by atoms with Crippen LogP contribution in [0.2, 0.25) is 0 Å². The molecule has 19 heavy (non-hydrogen) atoms. The highest BCUT2D eigenvalue weighted by Crippen LogP contribution is 2.14. The number of carbonyl (C=O) groups excluding carboxylic acids is 1. The number of benzene rings is 1. The molecule has 1 atom stereocenters. The molecular formula is C14H20N4O. The molecule has 0 bridgehead atoms. The van der Waals surface area contributed by atoms with Gasteiger partial charge in [-0.3, -0.25) is 10.1 Å². The van der Waals surface area contributed by atoms with E-state index in [1.807, 2.05) is 24.3 Å². The molecule has 1 aromatic carbocycles. The first-order valence-corrected chi connectivity index (χ1v) is 6.63. The fourth-order valence-electron chi connectivity index (χ4n) is 2.01. The third-order valence-corrected chi connectivity index (χ3v) is 3.17. The second kappa shape index (κ2) is 6.33. The van der Waals surface area contributed by atoms with E-state index in [9.17, 15) is 4.79 Å². The first kappa shape index (κ1) is 13.5.